The standard InChI is InChI=1S/C36H72N4O3.C5H7NO3/c1-3-5-7-9-11-13-15-16-17-18-19-20-22-24-26-30-34(41)40-33(29-28-31-39-36(37)38)35(42)43-32-27-25-23-21-14-12-10-8-6-4-2;7-4-2-1-3-6(4)5(8)9/h33H,3-32H2,1-2H3,(H,40,41)(H4,37,38,39);1-3H2,(H,8,9). The Hall–Kier alpha value is -2.85. The van der Waals surface area contributed by atoms with Gasteiger partial charge in [-0.1, -0.05) is 162 Å². The van der Waals surface area contributed by atoms with E-state index >= 15 is 0 Å². The zero-order valence-corrected chi connectivity index (χ0v) is 33.4. The fraction of sp³-hybridized carbons (Fsp3) is 0.878. The Bertz CT molecular complexity index is 927. The highest BCUT2D eigenvalue weighted by atomic mass is 16.5. The van der Waals surface area contributed by atoms with Crippen LogP contribution in [0.4, 0.5) is 4.79 Å². The highest BCUT2D eigenvalue weighted by molar-refractivity contribution is 5.92. The monoisotopic (exact) mass is 738 g/mol. The van der Waals surface area contributed by atoms with Crippen molar-refractivity contribution < 1.29 is 29.0 Å². The van der Waals surface area contributed by atoms with Crippen LogP contribution in [0.2, 0.25) is 0 Å². The van der Waals surface area contributed by atoms with Crippen molar-refractivity contribution in [2.45, 2.75) is 213 Å². The van der Waals surface area contributed by atoms with Crippen molar-refractivity contribution in [3.63, 3.8) is 0 Å². The van der Waals surface area contributed by atoms with Crippen LogP contribution >= 0.6 is 0 Å². The van der Waals surface area contributed by atoms with Crippen LogP contribution in [0.1, 0.15) is 206 Å². The lowest BCUT2D eigenvalue weighted by atomic mass is 10.0. The quantitative estimate of drug-likeness (QED) is 0.0223. The number of carboxylic acid groups (broad SMARTS) is 1. The van der Waals surface area contributed by atoms with Gasteiger partial charge >= 0.3 is 12.1 Å². The molecule has 0 aliphatic carbocycles. The number of carbonyl (C=O) groups excluding carboxylic acids is 3. The van der Waals surface area contributed by atoms with E-state index < -0.39 is 12.1 Å². The molecule has 1 aliphatic heterocycles. The Morgan fingerprint density at radius 3 is 1.54 bits per heavy atom. The molecule has 1 aliphatic rings. The number of rotatable bonds is 33. The molecular weight excluding hydrogens is 658 g/mol. The minimum Gasteiger partial charge on any atom is -0.465 e. The third kappa shape index (κ3) is 31.9. The number of imide groups is 1. The third-order valence-electron chi connectivity index (χ3n) is 9.62. The summed E-state index contributed by atoms with van der Waals surface area (Å²) in [6, 6.07) is -0.638. The average Bonchev–Trinajstić information content (AvgIpc) is 3.56. The van der Waals surface area contributed by atoms with E-state index in [9.17, 15) is 19.2 Å². The molecule has 0 aromatic heterocycles. The number of esters is 1. The van der Waals surface area contributed by atoms with Crippen LogP contribution in [-0.4, -0.2) is 65.6 Å². The van der Waals surface area contributed by atoms with Crippen LogP contribution in [0, 0.1) is 0 Å². The Balaban J connectivity index is 0.00000249. The van der Waals surface area contributed by atoms with Crippen molar-refractivity contribution in [2.75, 3.05) is 19.7 Å². The van der Waals surface area contributed by atoms with E-state index in [1.54, 1.807) is 0 Å². The number of nitrogens with zero attached hydrogens (tertiary/aromatic N) is 2. The maximum atomic E-state index is 12.8. The highest BCUT2D eigenvalue weighted by Gasteiger charge is 2.25. The molecular formula is C41H79N5O6. The number of nitrogens with two attached hydrogens (primary N) is 2. The molecule has 11 nitrogen and oxygen atoms in total. The number of hydrogen-bond donors (Lipinski definition) is 4. The second kappa shape index (κ2) is 36.5. The van der Waals surface area contributed by atoms with Crippen LogP contribution in [0.15, 0.2) is 4.99 Å². The molecule has 1 rings (SSSR count). The molecule has 1 heterocycles. The summed E-state index contributed by atoms with van der Waals surface area (Å²) < 4.78 is 5.55. The number of unbranched alkanes of at least 4 members (excludes halogenated alkanes) is 23. The van der Waals surface area contributed by atoms with Gasteiger partial charge in [0.2, 0.25) is 11.8 Å². The van der Waals surface area contributed by atoms with Crippen LogP contribution in [0.3, 0.4) is 0 Å². The number of likely N-dealkylation sites (tertiary alicyclic amines) is 1. The molecule has 11 heteroatoms. The van der Waals surface area contributed by atoms with Gasteiger partial charge in [-0.15, -0.1) is 0 Å². The maximum absolute atomic E-state index is 12.8. The first-order chi connectivity index (χ1) is 25.2. The SMILES string of the molecule is CCCCCCCCCCCCCCCCCC(=O)NC(CCCN=C(N)N)C(=O)OCCCCCCCCCCCC.O=C(O)N1CCCC1=O. The van der Waals surface area contributed by atoms with Gasteiger partial charge < -0.3 is 26.6 Å². The predicted molar refractivity (Wildman–Crippen MR) is 213 cm³/mol. The lowest BCUT2D eigenvalue weighted by molar-refractivity contribution is -0.148. The molecule has 0 spiro atoms. The second-order valence-corrected chi connectivity index (χ2v) is 14.5. The summed E-state index contributed by atoms with van der Waals surface area (Å²) in [5.41, 5.74) is 10.8. The number of carbonyl (C=O) groups is 4. The number of nitrogens with one attached hydrogen (secondary N) is 1. The molecule has 0 aromatic carbocycles. The van der Waals surface area contributed by atoms with E-state index in [-0.39, 0.29) is 23.7 Å². The molecule has 1 unspecified atom stereocenters. The smallest absolute Gasteiger partial charge is 0.414 e. The highest BCUT2D eigenvalue weighted by Crippen LogP contribution is 2.15. The molecule has 0 radical (unpaired) electrons. The summed E-state index contributed by atoms with van der Waals surface area (Å²) in [7, 11) is 0. The van der Waals surface area contributed by atoms with Crippen molar-refractivity contribution in [2.24, 2.45) is 16.5 Å². The van der Waals surface area contributed by atoms with Gasteiger partial charge in [-0.05, 0) is 32.1 Å². The third-order valence-corrected chi connectivity index (χ3v) is 9.62. The largest absolute Gasteiger partial charge is 0.465 e. The molecule has 3 amide bonds. The van der Waals surface area contributed by atoms with E-state index in [1.807, 2.05) is 0 Å². The fourth-order valence-corrected chi connectivity index (χ4v) is 6.39. The lowest BCUT2D eigenvalue weighted by Gasteiger charge is -2.17. The van der Waals surface area contributed by atoms with Gasteiger partial charge in [-0.3, -0.25) is 14.6 Å². The van der Waals surface area contributed by atoms with Crippen LogP contribution < -0.4 is 16.8 Å². The van der Waals surface area contributed by atoms with Crippen LogP contribution in [0.5, 0.6) is 0 Å². The zero-order valence-electron chi connectivity index (χ0n) is 33.4. The van der Waals surface area contributed by atoms with E-state index in [4.69, 9.17) is 21.3 Å². The van der Waals surface area contributed by atoms with Gasteiger partial charge in [0.25, 0.3) is 0 Å². The normalized spacial score (nSPS) is 13.0. The van der Waals surface area contributed by atoms with Gasteiger partial charge in [0.15, 0.2) is 5.96 Å². The molecule has 304 valence electrons. The van der Waals surface area contributed by atoms with Crippen molar-refractivity contribution in [3.05, 3.63) is 0 Å². The topological polar surface area (TPSA) is 177 Å². The maximum Gasteiger partial charge on any atom is 0.414 e. The van der Waals surface area contributed by atoms with Crippen molar-refractivity contribution >= 4 is 29.8 Å². The van der Waals surface area contributed by atoms with Gasteiger partial charge in [0.1, 0.15) is 6.04 Å². The second-order valence-electron chi connectivity index (χ2n) is 14.5. The molecule has 1 fully saturated rings. The van der Waals surface area contributed by atoms with Crippen molar-refractivity contribution in [1.29, 1.82) is 0 Å². The Morgan fingerprint density at radius 1 is 0.712 bits per heavy atom. The first kappa shape index (κ1) is 49.1. The summed E-state index contributed by atoms with van der Waals surface area (Å²) in [5, 5.41) is 11.2. The predicted octanol–water partition coefficient (Wildman–Crippen LogP) is 9.54. The fourth-order valence-electron chi connectivity index (χ4n) is 6.39. The van der Waals surface area contributed by atoms with E-state index in [0.29, 0.717) is 51.8 Å². The number of guanidine groups is 1. The number of aliphatic imine (C=N–C) groups is 1. The summed E-state index contributed by atoms with van der Waals surface area (Å²) in [4.78, 5) is 50.9. The molecule has 52 heavy (non-hydrogen) atoms. The number of hydrogen-bond acceptors (Lipinski definition) is 6. The summed E-state index contributed by atoms with van der Waals surface area (Å²) in [6.07, 6.45) is 33.3. The Morgan fingerprint density at radius 2 is 1.15 bits per heavy atom. The van der Waals surface area contributed by atoms with Crippen LogP contribution in [0.25, 0.3) is 0 Å². The Labute approximate surface area is 317 Å². The van der Waals surface area contributed by atoms with Gasteiger partial charge in [0.05, 0.1) is 6.61 Å². The minimum atomic E-state index is -1.13. The van der Waals surface area contributed by atoms with Crippen LogP contribution in [-0.2, 0) is 19.1 Å². The molecule has 1 atom stereocenters. The van der Waals surface area contributed by atoms with E-state index in [1.165, 1.54) is 135 Å². The first-order valence-corrected chi connectivity index (χ1v) is 21.3. The van der Waals surface area contributed by atoms with Gasteiger partial charge in [0, 0.05) is 25.9 Å². The molecule has 1 saturated heterocycles. The molecule has 0 aromatic rings. The number of ether oxygens (including phenoxy) is 1. The zero-order chi connectivity index (χ0) is 38.5. The summed E-state index contributed by atoms with van der Waals surface area (Å²) in [6.45, 7) is 5.73. The van der Waals surface area contributed by atoms with Gasteiger partial charge in [-0.25, -0.2) is 14.5 Å². The molecule has 0 bridgehead atoms. The Kier molecular flexibility index (Phi) is 34.5. The minimum absolute atomic E-state index is 0.0392. The molecule has 6 N–H and O–H groups in total. The van der Waals surface area contributed by atoms with Gasteiger partial charge in [-0.2, -0.15) is 0 Å². The van der Waals surface area contributed by atoms with Crippen molar-refractivity contribution in [1.82, 2.24) is 10.2 Å². The van der Waals surface area contributed by atoms with Crippen molar-refractivity contribution in [3.8, 4) is 0 Å². The summed E-state index contributed by atoms with van der Waals surface area (Å²) in [5.74, 6) is -0.650. The van der Waals surface area contributed by atoms with E-state index in [0.717, 1.165) is 30.6 Å². The lowest BCUT2D eigenvalue weighted by Crippen LogP contribution is -2.42. The summed E-state index contributed by atoms with van der Waals surface area (Å²) >= 11 is 0. The number of amides is 3. The molecule has 0 saturated carbocycles. The average molecular weight is 738 g/mol. The first-order valence-electron chi connectivity index (χ1n) is 21.3. The van der Waals surface area contributed by atoms with E-state index in [2.05, 4.69) is 24.2 Å².